The molecular weight excluding hydrogens is 416 g/mol. The summed E-state index contributed by atoms with van der Waals surface area (Å²) < 4.78 is 19.7. The SMILES string of the molecule is COc1ccc([C@H]2C3=C(Nc4ncnn42)c2ccccc2O[C@@H]3c2ccccc2OC)cc1. The molecule has 1 N–H and O–H groups in total. The maximum absolute atomic E-state index is 6.65. The number of nitrogens with zero attached hydrogens (tertiary/aromatic N) is 3. The molecule has 0 bridgehead atoms. The lowest BCUT2D eigenvalue weighted by Gasteiger charge is -2.39. The fraction of sp³-hybridized carbons (Fsp3) is 0.154. The molecule has 2 atom stereocenters. The molecule has 2 aliphatic rings. The first-order chi connectivity index (χ1) is 16.3. The monoisotopic (exact) mass is 438 g/mol. The number of anilines is 1. The van der Waals surface area contributed by atoms with Gasteiger partial charge in [0.25, 0.3) is 0 Å². The van der Waals surface area contributed by atoms with Crippen molar-refractivity contribution in [3.8, 4) is 17.2 Å². The minimum absolute atomic E-state index is 0.229. The Balaban J connectivity index is 1.62. The highest BCUT2D eigenvalue weighted by atomic mass is 16.5. The zero-order chi connectivity index (χ0) is 22.4. The van der Waals surface area contributed by atoms with E-state index in [0.29, 0.717) is 5.95 Å². The molecule has 0 saturated carbocycles. The summed E-state index contributed by atoms with van der Waals surface area (Å²) in [6.07, 6.45) is 1.19. The van der Waals surface area contributed by atoms with Gasteiger partial charge in [-0.25, -0.2) is 4.68 Å². The van der Waals surface area contributed by atoms with Gasteiger partial charge in [-0.15, -0.1) is 0 Å². The standard InChI is InChI=1S/C26H22N4O3/c1-31-17-13-11-16(12-14-17)24-22-23(29-26-27-15-28-30(24)26)18-7-3-6-10-21(18)33-25(22)19-8-4-5-9-20(19)32-2/h3-15,24-25H,1-2H3,(H,27,28,29)/t24-,25+/m0/s1. The van der Waals surface area contributed by atoms with Gasteiger partial charge in [-0.3, -0.25) is 0 Å². The third kappa shape index (κ3) is 3.04. The molecule has 33 heavy (non-hydrogen) atoms. The smallest absolute Gasteiger partial charge is 0.226 e. The van der Waals surface area contributed by atoms with Crippen molar-refractivity contribution in [1.29, 1.82) is 0 Å². The highest BCUT2D eigenvalue weighted by Gasteiger charge is 2.41. The topological polar surface area (TPSA) is 70.4 Å². The zero-order valence-corrected chi connectivity index (χ0v) is 18.2. The number of benzene rings is 3. The van der Waals surface area contributed by atoms with E-state index in [1.807, 2.05) is 59.3 Å². The number of hydrogen-bond acceptors (Lipinski definition) is 6. The molecule has 0 spiro atoms. The summed E-state index contributed by atoms with van der Waals surface area (Å²) in [5.41, 5.74) is 5.02. The molecule has 7 nitrogen and oxygen atoms in total. The Morgan fingerprint density at radius 3 is 2.52 bits per heavy atom. The summed E-state index contributed by atoms with van der Waals surface area (Å²) in [4.78, 5) is 4.48. The summed E-state index contributed by atoms with van der Waals surface area (Å²) in [7, 11) is 3.35. The molecule has 0 aliphatic carbocycles. The predicted octanol–water partition coefficient (Wildman–Crippen LogP) is 4.86. The second-order valence-electron chi connectivity index (χ2n) is 7.90. The second-order valence-corrected chi connectivity index (χ2v) is 7.90. The molecule has 1 aromatic heterocycles. The van der Waals surface area contributed by atoms with Crippen LogP contribution in [0.3, 0.4) is 0 Å². The zero-order valence-electron chi connectivity index (χ0n) is 18.2. The van der Waals surface area contributed by atoms with E-state index >= 15 is 0 Å². The van der Waals surface area contributed by atoms with Crippen molar-refractivity contribution < 1.29 is 14.2 Å². The number of nitrogens with one attached hydrogen (secondary N) is 1. The van der Waals surface area contributed by atoms with Crippen LogP contribution in [0, 0.1) is 0 Å². The Bertz CT molecular complexity index is 1360. The fourth-order valence-electron chi connectivity index (χ4n) is 4.67. The van der Waals surface area contributed by atoms with Gasteiger partial charge in [-0.1, -0.05) is 42.5 Å². The van der Waals surface area contributed by atoms with E-state index in [0.717, 1.165) is 45.2 Å². The van der Waals surface area contributed by atoms with Crippen molar-refractivity contribution in [2.75, 3.05) is 19.5 Å². The van der Waals surface area contributed by atoms with Crippen molar-refractivity contribution in [1.82, 2.24) is 14.8 Å². The minimum atomic E-state index is -0.386. The first-order valence-corrected chi connectivity index (χ1v) is 10.7. The van der Waals surface area contributed by atoms with E-state index in [2.05, 4.69) is 33.6 Å². The molecule has 3 heterocycles. The van der Waals surface area contributed by atoms with E-state index in [1.165, 1.54) is 0 Å². The number of hydrogen-bond donors (Lipinski definition) is 1. The molecule has 6 rings (SSSR count). The van der Waals surface area contributed by atoms with Crippen LogP contribution in [0.4, 0.5) is 5.95 Å². The van der Waals surface area contributed by atoms with Crippen molar-refractivity contribution in [2.24, 2.45) is 0 Å². The van der Waals surface area contributed by atoms with Crippen LogP contribution in [0.1, 0.15) is 28.8 Å². The summed E-state index contributed by atoms with van der Waals surface area (Å²) in [6, 6.07) is 23.8. The van der Waals surface area contributed by atoms with E-state index in [9.17, 15) is 0 Å². The number of aromatic nitrogens is 3. The van der Waals surface area contributed by atoms with Gasteiger partial charge in [0.15, 0.2) is 6.10 Å². The van der Waals surface area contributed by atoms with Crippen molar-refractivity contribution in [2.45, 2.75) is 12.1 Å². The number of ether oxygens (including phenoxy) is 3. The highest BCUT2D eigenvalue weighted by molar-refractivity contribution is 5.85. The highest BCUT2D eigenvalue weighted by Crippen LogP contribution is 2.51. The van der Waals surface area contributed by atoms with Gasteiger partial charge in [0.2, 0.25) is 5.95 Å². The molecule has 0 unspecified atom stereocenters. The first-order valence-electron chi connectivity index (χ1n) is 10.7. The van der Waals surface area contributed by atoms with Gasteiger partial charge in [-0.2, -0.15) is 10.1 Å². The van der Waals surface area contributed by atoms with E-state index in [-0.39, 0.29) is 12.1 Å². The van der Waals surface area contributed by atoms with Crippen LogP contribution >= 0.6 is 0 Å². The van der Waals surface area contributed by atoms with Gasteiger partial charge < -0.3 is 19.5 Å². The van der Waals surface area contributed by atoms with Crippen LogP contribution in [0.5, 0.6) is 17.2 Å². The first kappa shape index (κ1) is 19.4. The van der Waals surface area contributed by atoms with Gasteiger partial charge in [0.1, 0.15) is 29.6 Å². The molecule has 0 amide bonds. The molecule has 7 heteroatoms. The summed E-state index contributed by atoms with van der Waals surface area (Å²) in [5, 5.41) is 8.08. The molecule has 0 radical (unpaired) electrons. The number of methoxy groups -OCH3 is 2. The van der Waals surface area contributed by atoms with Crippen LogP contribution in [-0.2, 0) is 0 Å². The second kappa shape index (κ2) is 7.70. The maximum atomic E-state index is 6.65. The summed E-state index contributed by atoms with van der Waals surface area (Å²) >= 11 is 0. The number of fused-ring (bicyclic) bond motifs is 3. The Kier molecular flexibility index (Phi) is 4.54. The number of rotatable bonds is 4. The van der Waals surface area contributed by atoms with E-state index in [1.54, 1.807) is 20.5 Å². The van der Waals surface area contributed by atoms with E-state index < -0.39 is 0 Å². The molecule has 164 valence electrons. The average Bonchev–Trinajstić information content (AvgIpc) is 3.35. The minimum Gasteiger partial charge on any atom is -0.497 e. The van der Waals surface area contributed by atoms with Crippen LogP contribution < -0.4 is 19.5 Å². The molecule has 2 aliphatic heterocycles. The third-order valence-electron chi connectivity index (χ3n) is 6.17. The van der Waals surface area contributed by atoms with Crippen LogP contribution in [-0.4, -0.2) is 29.0 Å². The molecular formula is C26H22N4O3. The Labute approximate surface area is 191 Å². The predicted molar refractivity (Wildman–Crippen MR) is 125 cm³/mol. The molecule has 3 aromatic carbocycles. The Morgan fingerprint density at radius 1 is 0.909 bits per heavy atom. The summed E-state index contributed by atoms with van der Waals surface area (Å²) in [5.74, 6) is 3.06. The van der Waals surface area contributed by atoms with Gasteiger partial charge in [-0.05, 0) is 35.9 Å². The normalized spacial score (nSPS) is 18.4. The summed E-state index contributed by atoms with van der Waals surface area (Å²) in [6.45, 7) is 0. The lowest BCUT2D eigenvalue weighted by atomic mass is 9.84. The quantitative estimate of drug-likeness (QED) is 0.491. The van der Waals surface area contributed by atoms with Gasteiger partial charge in [0, 0.05) is 16.7 Å². The van der Waals surface area contributed by atoms with Crippen molar-refractivity contribution in [3.05, 3.63) is 101 Å². The molecule has 0 saturated heterocycles. The van der Waals surface area contributed by atoms with Crippen LogP contribution in [0.25, 0.3) is 5.70 Å². The Hall–Kier alpha value is -4.26. The maximum Gasteiger partial charge on any atom is 0.226 e. The van der Waals surface area contributed by atoms with Gasteiger partial charge in [0.05, 0.1) is 19.9 Å². The van der Waals surface area contributed by atoms with Crippen molar-refractivity contribution in [3.63, 3.8) is 0 Å². The van der Waals surface area contributed by atoms with Crippen LogP contribution in [0.2, 0.25) is 0 Å². The Morgan fingerprint density at radius 2 is 1.70 bits per heavy atom. The largest absolute Gasteiger partial charge is 0.497 e. The number of para-hydroxylation sites is 2. The van der Waals surface area contributed by atoms with E-state index in [4.69, 9.17) is 14.2 Å². The lowest BCUT2D eigenvalue weighted by Crippen LogP contribution is -2.32. The third-order valence-corrected chi connectivity index (χ3v) is 6.17. The lowest BCUT2D eigenvalue weighted by molar-refractivity contribution is 0.217. The molecule has 0 fully saturated rings. The van der Waals surface area contributed by atoms with Gasteiger partial charge >= 0.3 is 0 Å². The van der Waals surface area contributed by atoms with Crippen LogP contribution in [0.15, 0.2) is 84.7 Å². The average molecular weight is 438 g/mol. The molecule has 4 aromatic rings. The fourth-order valence-corrected chi connectivity index (χ4v) is 4.67. The van der Waals surface area contributed by atoms with Crippen molar-refractivity contribution >= 4 is 11.6 Å².